The molecule has 0 aliphatic heterocycles. The van der Waals surface area contributed by atoms with Crippen molar-refractivity contribution in [1.82, 2.24) is 4.98 Å². The minimum absolute atomic E-state index is 0.00771. The number of aliphatic carboxylic acids is 1. The number of hydrogen-bond donors (Lipinski definition) is 5. The van der Waals surface area contributed by atoms with E-state index in [1.165, 1.54) is 25.3 Å². The second kappa shape index (κ2) is 6.66. The summed E-state index contributed by atoms with van der Waals surface area (Å²) in [4.78, 5) is 32.5. The van der Waals surface area contributed by atoms with Crippen LogP contribution in [0.1, 0.15) is 23.2 Å². The van der Waals surface area contributed by atoms with Gasteiger partial charge in [-0.15, -0.1) is 0 Å². The molecule has 0 amide bonds. The largest absolute Gasteiger partial charge is 0.505 e. The van der Waals surface area contributed by atoms with Crippen LogP contribution in [0, 0.1) is 12.3 Å². The van der Waals surface area contributed by atoms with Gasteiger partial charge >= 0.3 is 13.8 Å². The van der Waals surface area contributed by atoms with E-state index in [2.05, 4.69) is 9.51 Å². The van der Waals surface area contributed by atoms with Crippen molar-refractivity contribution in [3.05, 3.63) is 40.2 Å². The number of hydrogen-bond acceptors (Lipinski definition) is 6. The van der Waals surface area contributed by atoms with Crippen molar-refractivity contribution in [3.63, 3.8) is 0 Å². The fraction of sp³-hybridized carbons (Fsp3) is 0.214. The van der Waals surface area contributed by atoms with Crippen LogP contribution in [-0.4, -0.2) is 36.7 Å². The summed E-state index contributed by atoms with van der Waals surface area (Å²) in [5, 5.41) is 27.0. The Kier molecular flexibility index (Phi) is 5.00. The fourth-order valence-electron chi connectivity index (χ4n) is 2.14. The van der Waals surface area contributed by atoms with E-state index in [1.807, 2.05) is 0 Å². The number of carbonyl (C=O) groups is 1. The van der Waals surface area contributed by atoms with Crippen LogP contribution in [0.2, 0.25) is 0 Å². The molecule has 0 bridgehead atoms. The van der Waals surface area contributed by atoms with Gasteiger partial charge in [-0.05, 0) is 24.6 Å². The number of carboxylic acid groups (broad SMARTS) is 1. The Balaban J connectivity index is 2.41. The predicted molar refractivity (Wildman–Crippen MR) is 83.5 cm³/mol. The first-order valence-electron chi connectivity index (χ1n) is 6.69. The number of allylic oxidation sites excluding steroid dienone is 2. The highest BCUT2D eigenvalue weighted by atomic mass is 31.2. The quantitative estimate of drug-likeness (QED) is 0.497. The van der Waals surface area contributed by atoms with E-state index >= 15 is 0 Å². The highest BCUT2D eigenvalue weighted by Crippen LogP contribution is 2.38. The van der Waals surface area contributed by atoms with Crippen LogP contribution in [0.4, 0.5) is 0 Å². The number of nitrogens with one attached hydrogen (secondary N) is 1. The zero-order valence-corrected chi connectivity index (χ0v) is 13.4. The molecule has 0 aromatic carbocycles. The average Bonchev–Trinajstić information content (AvgIpc) is 2.83. The highest BCUT2D eigenvalue weighted by molar-refractivity contribution is 7.46. The first kappa shape index (κ1) is 18.0. The molecule has 0 atom stereocenters. The molecule has 9 nitrogen and oxygen atoms in total. The maximum Gasteiger partial charge on any atom is 0.469 e. The molecule has 0 spiro atoms. The van der Waals surface area contributed by atoms with Crippen molar-refractivity contribution in [2.45, 2.75) is 20.0 Å². The summed E-state index contributed by atoms with van der Waals surface area (Å²) in [5.41, 5.74) is 1.04. The normalized spacial score (nSPS) is 16.5. The minimum Gasteiger partial charge on any atom is -0.505 e. The number of aryl methyl sites for hydroxylation is 1. The topological polar surface area (TPSA) is 161 Å². The van der Waals surface area contributed by atoms with Gasteiger partial charge in [0.25, 0.3) is 0 Å². The Morgan fingerprint density at radius 3 is 2.71 bits per heavy atom. The molecule has 0 unspecified atom stereocenters. The van der Waals surface area contributed by atoms with E-state index in [-0.39, 0.29) is 40.3 Å². The van der Waals surface area contributed by atoms with E-state index in [0.717, 1.165) is 0 Å². The van der Waals surface area contributed by atoms with Gasteiger partial charge in [-0.2, -0.15) is 0 Å². The van der Waals surface area contributed by atoms with Gasteiger partial charge in [0.1, 0.15) is 5.75 Å². The molecule has 0 saturated carbocycles. The smallest absolute Gasteiger partial charge is 0.469 e. The monoisotopic (exact) mass is 354 g/mol. The SMILES string of the molecule is Cc1ncc(COP(=O)(O)O)c(/C=C2\CC(C(=O)O)=CC2=N)c1O. The lowest BCUT2D eigenvalue weighted by molar-refractivity contribution is -0.132. The van der Waals surface area contributed by atoms with Crippen LogP contribution in [0.3, 0.4) is 0 Å². The molecule has 1 aromatic rings. The maximum atomic E-state index is 11.0. The molecule has 0 fully saturated rings. The van der Waals surface area contributed by atoms with Crippen LogP contribution in [-0.2, 0) is 20.5 Å². The first-order chi connectivity index (χ1) is 11.1. The van der Waals surface area contributed by atoms with Crippen LogP contribution in [0.25, 0.3) is 6.08 Å². The summed E-state index contributed by atoms with van der Waals surface area (Å²) in [5.74, 6) is -1.37. The summed E-state index contributed by atoms with van der Waals surface area (Å²) in [6.07, 6.45) is 3.91. The number of phosphoric acid groups is 1. The molecule has 1 heterocycles. The van der Waals surface area contributed by atoms with Crippen molar-refractivity contribution in [2.24, 2.45) is 0 Å². The predicted octanol–water partition coefficient (Wildman–Crippen LogP) is 1.52. The third kappa shape index (κ3) is 4.15. The van der Waals surface area contributed by atoms with Gasteiger partial charge in [-0.1, -0.05) is 0 Å². The van der Waals surface area contributed by atoms with Crippen molar-refractivity contribution in [2.75, 3.05) is 0 Å². The molecule has 1 aliphatic rings. The van der Waals surface area contributed by atoms with Gasteiger partial charge in [-0.3, -0.25) is 9.51 Å². The van der Waals surface area contributed by atoms with Crippen LogP contribution >= 0.6 is 7.82 Å². The third-order valence-electron chi connectivity index (χ3n) is 3.38. The van der Waals surface area contributed by atoms with E-state index in [1.54, 1.807) is 0 Å². The molecule has 2 rings (SSSR count). The zero-order chi connectivity index (χ0) is 18.1. The third-order valence-corrected chi connectivity index (χ3v) is 3.85. The second-order valence-corrected chi connectivity index (χ2v) is 6.37. The lowest BCUT2D eigenvalue weighted by atomic mass is 10.0. The number of phosphoric ester groups is 1. The first-order valence-corrected chi connectivity index (χ1v) is 8.22. The van der Waals surface area contributed by atoms with Gasteiger partial charge in [0.15, 0.2) is 0 Å². The number of rotatable bonds is 5. The van der Waals surface area contributed by atoms with Gasteiger partial charge < -0.3 is 25.4 Å². The molecular weight excluding hydrogens is 339 g/mol. The molecule has 5 N–H and O–H groups in total. The summed E-state index contributed by atoms with van der Waals surface area (Å²) in [6, 6.07) is 0. The van der Waals surface area contributed by atoms with Crippen molar-refractivity contribution < 1.29 is 33.9 Å². The van der Waals surface area contributed by atoms with Gasteiger partial charge in [-0.25, -0.2) is 9.36 Å². The Labute approximate surface area is 136 Å². The Hall–Kier alpha value is -2.32. The molecular formula is C14H15N2O7P. The highest BCUT2D eigenvalue weighted by Gasteiger charge is 2.22. The van der Waals surface area contributed by atoms with Crippen LogP contribution in [0.15, 0.2) is 23.4 Å². The van der Waals surface area contributed by atoms with E-state index in [4.69, 9.17) is 20.3 Å². The van der Waals surface area contributed by atoms with Crippen molar-refractivity contribution in [1.29, 1.82) is 5.41 Å². The van der Waals surface area contributed by atoms with E-state index in [0.29, 0.717) is 5.57 Å². The Morgan fingerprint density at radius 1 is 1.50 bits per heavy atom. The molecule has 0 saturated heterocycles. The molecule has 24 heavy (non-hydrogen) atoms. The number of carboxylic acids is 1. The summed E-state index contributed by atoms with van der Waals surface area (Å²) in [6.45, 7) is 1.03. The second-order valence-electron chi connectivity index (χ2n) is 5.13. The lowest BCUT2D eigenvalue weighted by Gasteiger charge is -2.12. The van der Waals surface area contributed by atoms with Gasteiger partial charge in [0, 0.05) is 29.3 Å². The molecule has 1 aromatic heterocycles. The number of nitrogens with zero attached hydrogens (tertiary/aromatic N) is 1. The zero-order valence-electron chi connectivity index (χ0n) is 12.6. The molecule has 1 aliphatic carbocycles. The molecule has 128 valence electrons. The van der Waals surface area contributed by atoms with Crippen LogP contribution < -0.4 is 0 Å². The molecule has 0 radical (unpaired) electrons. The van der Waals surface area contributed by atoms with E-state index < -0.39 is 20.4 Å². The number of aromatic hydroxyl groups is 1. The van der Waals surface area contributed by atoms with Gasteiger partial charge in [0.05, 0.1) is 18.0 Å². The standard InChI is InChI=1S/C14H15N2O7P/c1-7-13(17)11(10(5-16-7)6-23-24(20,21)22)3-8-2-9(14(18)19)4-12(8)15/h3-5,15,17H,2,6H2,1H3,(H,18,19)(H2,20,21,22)/b8-3+,15-12?. The summed E-state index contributed by atoms with van der Waals surface area (Å²) >= 11 is 0. The number of pyridine rings is 1. The van der Waals surface area contributed by atoms with Crippen molar-refractivity contribution >= 4 is 25.6 Å². The van der Waals surface area contributed by atoms with Crippen LogP contribution in [0.5, 0.6) is 5.75 Å². The number of aromatic nitrogens is 1. The average molecular weight is 354 g/mol. The molecule has 10 heteroatoms. The lowest BCUT2D eigenvalue weighted by Crippen LogP contribution is -2.00. The minimum atomic E-state index is -4.71. The summed E-state index contributed by atoms with van der Waals surface area (Å²) in [7, 11) is -4.71. The van der Waals surface area contributed by atoms with E-state index in [9.17, 15) is 14.5 Å². The Morgan fingerprint density at radius 2 is 2.17 bits per heavy atom. The fourth-order valence-corrected chi connectivity index (χ4v) is 2.45. The summed E-state index contributed by atoms with van der Waals surface area (Å²) < 4.78 is 15.3. The maximum absolute atomic E-state index is 11.0. The van der Waals surface area contributed by atoms with Gasteiger partial charge in [0.2, 0.25) is 0 Å². The Bertz CT molecular complexity index is 823. The van der Waals surface area contributed by atoms with Crippen molar-refractivity contribution in [3.8, 4) is 5.75 Å².